The van der Waals surface area contributed by atoms with E-state index < -0.39 is 11.6 Å². The second kappa shape index (κ2) is 6.17. The van der Waals surface area contributed by atoms with Crippen molar-refractivity contribution in [2.45, 2.75) is 19.4 Å². The first-order valence-corrected chi connectivity index (χ1v) is 6.57. The van der Waals surface area contributed by atoms with Crippen LogP contribution in [-0.4, -0.2) is 49.4 Å². The number of quaternary nitrogens is 1. The second-order valence-corrected chi connectivity index (χ2v) is 5.55. The van der Waals surface area contributed by atoms with Gasteiger partial charge in [0.15, 0.2) is 5.60 Å². The maximum atomic E-state index is 12.0. The summed E-state index contributed by atoms with van der Waals surface area (Å²) in [5.74, 6) is -0.602. The van der Waals surface area contributed by atoms with Crippen LogP contribution in [0.15, 0.2) is 30.3 Å². The molecule has 0 aliphatic rings. The molecule has 0 aliphatic heterocycles. The molecule has 4 nitrogen and oxygen atoms in total. The van der Waals surface area contributed by atoms with Crippen molar-refractivity contribution < 1.29 is 19.1 Å². The lowest BCUT2D eigenvalue weighted by molar-refractivity contribution is -0.888. The Morgan fingerprint density at radius 3 is 2.42 bits per heavy atom. The summed E-state index contributed by atoms with van der Waals surface area (Å²) in [6.45, 7) is 5.55. The van der Waals surface area contributed by atoms with Crippen molar-refractivity contribution in [2.75, 3.05) is 33.8 Å². The first-order chi connectivity index (χ1) is 8.79. The highest BCUT2D eigenvalue weighted by Crippen LogP contribution is 2.21. The SMILES string of the molecule is CC[N+](C)(C)CCOC(=O)C(C)(O)c1ccccc1. The average Bonchev–Trinajstić information content (AvgIpc) is 2.39. The van der Waals surface area contributed by atoms with E-state index in [-0.39, 0.29) is 0 Å². The van der Waals surface area contributed by atoms with Gasteiger partial charge in [-0.05, 0) is 19.4 Å². The molecule has 0 radical (unpaired) electrons. The number of hydrogen-bond acceptors (Lipinski definition) is 3. The predicted molar refractivity (Wildman–Crippen MR) is 74.5 cm³/mol. The molecule has 1 unspecified atom stereocenters. The van der Waals surface area contributed by atoms with Crippen LogP contribution in [-0.2, 0) is 15.1 Å². The monoisotopic (exact) mass is 266 g/mol. The average molecular weight is 266 g/mol. The number of benzene rings is 1. The molecule has 1 aromatic rings. The minimum atomic E-state index is -1.59. The van der Waals surface area contributed by atoms with Crippen LogP contribution in [0.5, 0.6) is 0 Å². The number of likely N-dealkylation sites (N-methyl/N-ethyl adjacent to an activating group) is 1. The third kappa shape index (κ3) is 4.33. The fourth-order valence-corrected chi connectivity index (χ4v) is 1.56. The smallest absolute Gasteiger partial charge is 0.342 e. The van der Waals surface area contributed by atoms with Crippen molar-refractivity contribution in [1.82, 2.24) is 0 Å². The van der Waals surface area contributed by atoms with E-state index in [1.807, 2.05) is 6.07 Å². The molecular formula is C15H24NO3+. The summed E-state index contributed by atoms with van der Waals surface area (Å²) < 4.78 is 5.97. The highest BCUT2D eigenvalue weighted by molar-refractivity contribution is 5.80. The van der Waals surface area contributed by atoms with Crippen molar-refractivity contribution in [1.29, 1.82) is 0 Å². The quantitative estimate of drug-likeness (QED) is 0.627. The summed E-state index contributed by atoms with van der Waals surface area (Å²) in [5.41, 5.74) is -1.05. The summed E-state index contributed by atoms with van der Waals surface area (Å²) in [4.78, 5) is 12.0. The van der Waals surface area contributed by atoms with E-state index in [9.17, 15) is 9.90 Å². The van der Waals surface area contributed by atoms with Crippen LogP contribution in [0.2, 0.25) is 0 Å². The lowest BCUT2D eigenvalue weighted by atomic mass is 9.96. The lowest BCUT2D eigenvalue weighted by Gasteiger charge is -2.28. The summed E-state index contributed by atoms with van der Waals surface area (Å²) in [5, 5.41) is 10.3. The molecule has 0 saturated heterocycles. The molecule has 0 heterocycles. The Balaban J connectivity index is 2.58. The first-order valence-electron chi connectivity index (χ1n) is 6.57. The predicted octanol–water partition coefficient (Wildman–Crippen LogP) is 1.53. The Kier molecular flexibility index (Phi) is 5.09. The number of esters is 1. The van der Waals surface area contributed by atoms with Gasteiger partial charge in [-0.2, -0.15) is 0 Å². The molecule has 1 N–H and O–H groups in total. The van der Waals surface area contributed by atoms with Gasteiger partial charge in [-0.3, -0.25) is 0 Å². The van der Waals surface area contributed by atoms with Crippen molar-refractivity contribution in [3.8, 4) is 0 Å². The van der Waals surface area contributed by atoms with Gasteiger partial charge in [0.1, 0.15) is 13.2 Å². The Labute approximate surface area is 115 Å². The largest absolute Gasteiger partial charge is 0.457 e. The van der Waals surface area contributed by atoms with Gasteiger partial charge in [-0.1, -0.05) is 30.3 Å². The fourth-order valence-electron chi connectivity index (χ4n) is 1.56. The summed E-state index contributed by atoms with van der Waals surface area (Å²) >= 11 is 0. The molecule has 1 rings (SSSR count). The van der Waals surface area contributed by atoms with Gasteiger partial charge in [0.05, 0.1) is 20.6 Å². The maximum absolute atomic E-state index is 12.0. The van der Waals surface area contributed by atoms with Crippen LogP contribution >= 0.6 is 0 Å². The first kappa shape index (κ1) is 15.7. The zero-order chi connectivity index (χ0) is 14.5. The molecule has 0 aliphatic carbocycles. The molecule has 19 heavy (non-hydrogen) atoms. The van der Waals surface area contributed by atoms with E-state index in [1.165, 1.54) is 6.92 Å². The summed E-state index contributed by atoms with van der Waals surface area (Å²) in [7, 11) is 4.15. The van der Waals surface area contributed by atoms with Gasteiger partial charge in [0.2, 0.25) is 0 Å². The minimum absolute atomic E-state index is 0.308. The zero-order valence-corrected chi connectivity index (χ0v) is 12.2. The minimum Gasteiger partial charge on any atom is -0.457 e. The Bertz CT molecular complexity index is 413. The number of nitrogens with zero attached hydrogens (tertiary/aromatic N) is 1. The molecule has 0 aromatic heterocycles. The number of rotatable bonds is 6. The van der Waals surface area contributed by atoms with Crippen LogP contribution in [0.3, 0.4) is 0 Å². The highest BCUT2D eigenvalue weighted by atomic mass is 16.5. The van der Waals surface area contributed by atoms with E-state index >= 15 is 0 Å². The lowest BCUT2D eigenvalue weighted by Crippen LogP contribution is -2.43. The number of carbonyl (C=O) groups excluding carboxylic acids is 1. The summed E-state index contributed by atoms with van der Waals surface area (Å²) in [6.07, 6.45) is 0. The topological polar surface area (TPSA) is 46.5 Å². The number of ether oxygens (including phenoxy) is 1. The van der Waals surface area contributed by atoms with Crippen molar-refractivity contribution in [2.24, 2.45) is 0 Å². The fraction of sp³-hybridized carbons (Fsp3) is 0.533. The van der Waals surface area contributed by atoms with Gasteiger partial charge >= 0.3 is 5.97 Å². The molecule has 0 fully saturated rings. The van der Waals surface area contributed by atoms with E-state index in [0.29, 0.717) is 12.2 Å². The van der Waals surface area contributed by atoms with Crippen LogP contribution in [0, 0.1) is 0 Å². The molecule has 4 heteroatoms. The molecule has 0 bridgehead atoms. The Hall–Kier alpha value is -1.39. The number of aliphatic hydroxyl groups is 1. The number of carbonyl (C=O) groups is 1. The normalized spacial score (nSPS) is 14.8. The van der Waals surface area contributed by atoms with Crippen LogP contribution in [0.4, 0.5) is 0 Å². The molecule has 1 atom stereocenters. The summed E-state index contributed by atoms with van der Waals surface area (Å²) in [6, 6.07) is 8.84. The number of hydrogen-bond donors (Lipinski definition) is 1. The van der Waals surface area contributed by atoms with Gasteiger partial charge < -0.3 is 14.3 Å². The van der Waals surface area contributed by atoms with Crippen LogP contribution in [0.1, 0.15) is 19.4 Å². The van der Waals surface area contributed by atoms with Gasteiger partial charge in [0.25, 0.3) is 0 Å². The molecule has 1 aromatic carbocycles. The Morgan fingerprint density at radius 2 is 1.89 bits per heavy atom. The molecule has 0 spiro atoms. The third-order valence-electron chi connectivity index (χ3n) is 3.52. The standard InChI is InChI=1S/C15H24NO3/c1-5-16(3,4)11-12-19-14(17)15(2,18)13-9-7-6-8-10-13/h6-10,18H,5,11-12H2,1-4H3/q+1. The third-order valence-corrected chi connectivity index (χ3v) is 3.52. The van der Waals surface area contributed by atoms with Crippen LogP contribution in [0.25, 0.3) is 0 Å². The van der Waals surface area contributed by atoms with Crippen LogP contribution < -0.4 is 0 Å². The van der Waals surface area contributed by atoms with E-state index in [0.717, 1.165) is 17.6 Å². The molecule has 0 saturated carbocycles. The maximum Gasteiger partial charge on any atom is 0.342 e. The molecule has 0 amide bonds. The van der Waals surface area contributed by atoms with Gasteiger partial charge in [-0.15, -0.1) is 0 Å². The Morgan fingerprint density at radius 1 is 1.32 bits per heavy atom. The van der Waals surface area contributed by atoms with Crippen molar-refractivity contribution in [3.63, 3.8) is 0 Å². The second-order valence-electron chi connectivity index (χ2n) is 5.55. The molecule has 106 valence electrons. The molecular weight excluding hydrogens is 242 g/mol. The van der Waals surface area contributed by atoms with E-state index in [1.54, 1.807) is 24.3 Å². The zero-order valence-electron chi connectivity index (χ0n) is 12.2. The van der Waals surface area contributed by atoms with Crippen molar-refractivity contribution in [3.05, 3.63) is 35.9 Å². The van der Waals surface area contributed by atoms with E-state index in [4.69, 9.17) is 4.74 Å². The van der Waals surface area contributed by atoms with Crippen molar-refractivity contribution >= 4 is 5.97 Å². The van der Waals surface area contributed by atoms with Gasteiger partial charge in [-0.25, -0.2) is 4.79 Å². The van der Waals surface area contributed by atoms with E-state index in [2.05, 4.69) is 21.0 Å². The highest BCUT2D eigenvalue weighted by Gasteiger charge is 2.34. The van der Waals surface area contributed by atoms with Gasteiger partial charge in [0, 0.05) is 0 Å².